The minimum Gasteiger partial charge on any atom is -0.312 e. The zero-order chi connectivity index (χ0) is 12.0. The average molecular weight is 226 g/mol. The van der Waals surface area contributed by atoms with E-state index in [2.05, 4.69) is 38.0 Å². The number of rotatable bonds is 9. The zero-order valence-electron chi connectivity index (χ0n) is 11.6. The number of likely N-dealkylation sites (N-methyl/N-ethyl adjacent to an activating group) is 1. The maximum atomic E-state index is 3.75. The molecule has 0 heterocycles. The summed E-state index contributed by atoms with van der Waals surface area (Å²) >= 11 is 0. The van der Waals surface area contributed by atoms with E-state index in [4.69, 9.17) is 0 Å². The standard InChI is InChI=1S/C14H30N2/c1-5-6-10-16(4)11-9-15-14(12(2)3)13-7-8-13/h12-15H,5-11H2,1-4H3. The fourth-order valence-corrected chi connectivity index (χ4v) is 2.36. The first kappa shape index (κ1) is 14.0. The topological polar surface area (TPSA) is 15.3 Å². The molecule has 0 bridgehead atoms. The van der Waals surface area contributed by atoms with Crippen LogP contribution in [0.2, 0.25) is 0 Å². The molecule has 0 aromatic carbocycles. The largest absolute Gasteiger partial charge is 0.312 e. The molecule has 96 valence electrons. The summed E-state index contributed by atoms with van der Waals surface area (Å²) in [4.78, 5) is 2.45. The molecule has 2 heteroatoms. The fraction of sp³-hybridized carbons (Fsp3) is 1.00. The van der Waals surface area contributed by atoms with Gasteiger partial charge in [0, 0.05) is 19.1 Å². The predicted molar refractivity (Wildman–Crippen MR) is 71.8 cm³/mol. The molecule has 2 nitrogen and oxygen atoms in total. The summed E-state index contributed by atoms with van der Waals surface area (Å²) in [6, 6.07) is 0.763. The van der Waals surface area contributed by atoms with E-state index >= 15 is 0 Å². The molecule has 1 rings (SSSR count). The molecule has 0 spiro atoms. The van der Waals surface area contributed by atoms with Crippen molar-refractivity contribution >= 4 is 0 Å². The maximum absolute atomic E-state index is 3.75. The van der Waals surface area contributed by atoms with Crippen molar-refractivity contribution in [1.29, 1.82) is 0 Å². The van der Waals surface area contributed by atoms with Gasteiger partial charge in [-0.15, -0.1) is 0 Å². The first-order chi connectivity index (χ1) is 7.65. The summed E-state index contributed by atoms with van der Waals surface area (Å²) in [5.41, 5.74) is 0. The van der Waals surface area contributed by atoms with Crippen molar-refractivity contribution in [1.82, 2.24) is 10.2 Å². The first-order valence-electron chi connectivity index (χ1n) is 7.07. The van der Waals surface area contributed by atoms with Gasteiger partial charge in [0.2, 0.25) is 0 Å². The molecule has 0 radical (unpaired) electrons. The highest BCUT2D eigenvalue weighted by Crippen LogP contribution is 2.35. The zero-order valence-corrected chi connectivity index (χ0v) is 11.6. The van der Waals surface area contributed by atoms with Gasteiger partial charge in [-0.25, -0.2) is 0 Å². The van der Waals surface area contributed by atoms with Gasteiger partial charge in [0.15, 0.2) is 0 Å². The molecule has 1 N–H and O–H groups in total. The Hall–Kier alpha value is -0.0800. The van der Waals surface area contributed by atoms with Crippen LogP contribution in [-0.2, 0) is 0 Å². The van der Waals surface area contributed by atoms with Crippen LogP contribution in [0.3, 0.4) is 0 Å². The van der Waals surface area contributed by atoms with Crippen LogP contribution < -0.4 is 5.32 Å². The molecule has 0 amide bonds. The number of nitrogens with zero attached hydrogens (tertiary/aromatic N) is 1. The van der Waals surface area contributed by atoms with Crippen molar-refractivity contribution in [2.45, 2.75) is 52.5 Å². The highest BCUT2D eigenvalue weighted by Gasteiger charge is 2.32. The van der Waals surface area contributed by atoms with Crippen LogP contribution in [-0.4, -0.2) is 37.6 Å². The van der Waals surface area contributed by atoms with E-state index in [-0.39, 0.29) is 0 Å². The fourth-order valence-electron chi connectivity index (χ4n) is 2.36. The van der Waals surface area contributed by atoms with E-state index in [1.54, 1.807) is 0 Å². The van der Waals surface area contributed by atoms with Gasteiger partial charge in [0.05, 0.1) is 0 Å². The molecule has 16 heavy (non-hydrogen) atoms. The number of hydrogen-bond donors (Lipinski definition) is 1. The highest BCUT2D eigenvalue weighted by molar-refractivity contribution is 4.88. The van der Waals surface area contributed by atoms with E-state index in [1.165, 1.54) is 38.8 Å². The monoisotopic (exact) mass is 226 g/mol. The Bertz CT molecular complexity index is 174. The van der Waals surface area contributed by atoms with Crippen molar-refractivity contribution in [3.05, 3.63) is 0 Å². The van der Waals surface area contributed by atoms with E-state index in [0.29, 0.717) is 0 Å². The molecule has 1 atom stereocenters. The van der Waals surface area contributed by atoms with E-state index in [0.717, 1.165) is 24.4 Å². The molecular formula is C14H30N2. The van der Waals surface area contributed by atoms with E-state index in [9.17, 15) is 0 Å². The molecule has 1 unspecified atom stereocenters. The Kier molecular flexibility index (Phi) is 6.37. The molecule has 1 aliphatic carbocycles. The van der Waals surface area contributed by atoms with Crippen LogP contribution in [0.5, 0.6) is 0 Å². The minimum absolute atomic E-state index is 0.763. The lowest BCUT2D eigenvalue weighted by molar-refractivity contribution is 0.295. The van der Waals surface area contributed by atoms with Gasteiger partial charge in [-0.1, -0.05) is 27.2 Å². The van der Waals surface area contributed by atoms with Crippen molar-refractivity contribution in [3.8, 4) is 0 Å². The first-order valence-corrected chi connectivity index (χ1v) is 7.07. The lowest BCUT2D eigenvalue weighted by Crippen LogP contribution is -2.40. The van der Waals surface area contributed by atoms with Gasteiger partial charge >= 0.3 is 0 Å². The normalized spacial score (nSPS) is 18.4. The average Bonchev–Trinajstić information content (AvgIpc) is 3.04. The number of unbranched alkanes of at least 4 members (excludes halogenated alkanes) is 1. The van der Waals surface area contributed by atoms with Crippen molar-refractivity contribution in [2.24, 2.45) is 11.8 Å². The molecule has 0 aliphatic heterocycles. The Morgan fingerprint density at radius 2 is 1.94 bits per heavy atom. The second-order valence-electron chi connectivity index (χ2n) is 5.72. The highest BCUT2D eigenvalue weighted by atomic mass is 15.1. The van der Waals surface area contributed by atoms with Gasteiger partial charge in [-0.05, 0) is 44.7 Å². The van der Waals surface area contributed by atoms with Gasteiger partial charge < -0.3 is 10.2 Å². The van der Waals surface area contributed by atoms with Crippen LogP contribution in [0.4, 0.5) is 0 Å². The van der Waals surface area contributed by atoms with E-state index < -0.39 is 0 Å². The second-order valence-corrected chi connectivity index (χ2v) is 5.72. The second kappa shape index (κ2) is 7.29. The number of hydrogen-bond acceptors (Lipinski definition) is 2. The Labute approximate surface area is 102 Å². The van der Waals surface area contributed by atoms with Crippen molar-refractivity contribution < 1.29 is 0 Å². The molecule has 0 aromatic heterocycles. The van der Waals surface area contributed by atoms with Crippen LogP contribution in [0.25, 0.3) is 0 Å². The van der Waals surface area contributed by atoms with Gasteiger partial charge in [0.1, 0.15) is 0 Å². The molecular weight excluding hydrogens is 196 g/mol. The van der Waals surface area contributed by atoms with E-state index in [1.807, 2.05) is 0 Å². The van der Waals surface area contributed by atoms with Gasteiger partial charge in [-0.2, -0.15) is 0 Å². The summed E-state index contributed by atoms with van der Waals surface area (Å²) in [5, 5.41) is 3.75. The third-order valence-electron chi connectivity index (χ3n) is 3.62. The summed E-state index contributed by atoms with van der Waals surface area (Å²) < 4.78 is 0. The Morgan fingerprint density at radius 3 is 2.44 bits per heavy atom. The van der Waals surface area contributed by atoms with Crippen molar-refractivity contribution in [2.75, 3.05) is 26.7 Å². The quantitative estimate of drug-likeness (QED) is 0.650. The Balaban J connectivity index is 2.08. The number of nitrogens with one attached hydrogen (secondary N) is 1. The van der Waals surface area contributed by atoms with Gasteiger partial charge in [0.25, 0.3) is 0 Å². The molecule has 1 fully saturated rings. The Morgan fingerprint density at radius 1 is 1.25 bits per heavy atom. The lowest BCUT2D eigenvalue weighted by Gasteiger charge is -2.24. The summed E-state index contributed by atoms with van der Waals surface area (Å²) in [5.74, 6) is 1.76. The molecule has 1 aliphatic rings. The maximum Gasteiger partial charge on any atom is 0.0119 e. The summed E-state index contributed by atoms with van der Waals surface area (Å²) in [7, 11) is 2.23. The smallest absolute Gasteiger partial charge is 0.0119 e. The third-order valence-corrected chi connectivity index (χ3v) is 3.62. The van der Waals surface area contributed by atoms with Crippen LogP contribution in [0, 0.1) is 11.8 Å². The van der Waals surface area contributed by atoms with Crippen LogP contribution >= 0.6 is 0 Å². The summed E-state index contributed by atoms with van der Waals surface area (Å²) in [6.45, 7) is 10.5. The molecule has 1 saturated carbocycles. The lowest BCUT2D eigenvalue weighted by atomic mass is 10.00. The van der Waals surface area contributed by atoms with Gasteiger partial charge in [-0.3, -0.25) is 0 Å². The van der Waals surface area contributed by atoms with Crippen LogP contribution in [0.15, 0.2) is 0 Å². The predicted octanol–water partition coefficient (Wildman–Crippen LogP) is 2.74. The minimum atomic E-state index is 0.763. The molecule has 0 saturated heterocycles. The van der Waals surface area contributed by atoms with Crippen LogP contribution in [0.1, 0.15) is 46.5 Å². The SMILES string of the molecule is CCCCN(C)CCNC(C(C)C)C1CC1. The summed E-state index contributed by atoms with van der Waals surface area (Å²) in [6.07, 6.45) is 5.52. The van der Waals surface area contributed by atoms with Crippen molar-refractivity contribution in [3.63, 3.8) is 0 Å². The molecule has 0 aromatic rings. The third kappa shape index (κ3) is 5.31.